The van der Waals surface area contributed by atoms with Crippen LogP contribution in [0.5, 0.6) is 0 Å². The van der Waals surface area contributed by atoms with E-state index in [-0.39, 0.29) is 61.6 Å². The number of hydrogen-bond acceptors (Lipinski definition) is 18. The molecule has 28 nitrogen and oxygen atoms in total. The Morgan fingerprint density at radius 3 is 1.10 bits per heavy atom. The van der Waals surface area contributed by atoms with Crippen LogP contribution in [0.15, 0.2) is 70.3 Å². The van der Waals surface area contributed by atoms with Crippen molar-refractivity contribution in [1.82, 2.24) is 52.3 Å². The first-order valence-corrected chi connectivity index (χ1v) is 32.5. The third kappa shape index (κ3) is 21.6. The lowest BCUT2D eigenvalue weighted by Gasteiger charge is -2.33. The molecule has 98 heavy (non-hydrogen) atoms. The van der Waals surface area contributed by atoms with Crippen molar-refractivity contribution in [1.29, 1.82) is 0 Å². The first-order chi connectivity index (χ1) is 46.5. The number of aliphatic hydroxyl groups is 2. The molecule has 4 aliphatic rings. The fraction of sp³-hybridized carbons (Fsp3) is 0.594. The van der Waals surface area contributed by atoms with E-state index in [1.54, 1.807) is 74.8 Å². The van der Waals surface area contributed by atoms with E-state index in [1.165, 1.54) is 9.80 Å². The van der Waals surface area contributed by atoms with Gasteiger partial charge in [0.25, 0.3) is 10.9 Å². The minimum Gasteiger partial charge on any atom is -0.475 e. The normalized spacial score (nSPS) is 21.8. The highest BCUT2D eigenvalue weighted by molar-refractivity contribution is 5.97. The van der Waals surface area contributed by atoms with Crippen molar-refractivity contribution < 1.29 is 94.7 Å². The number of anilines is 2. The Morgan fingerprint density at radius 2 is 0.806 bits per heavy atom. The van der Waals surface area contributed by atoms with E-state index in [4.69, 9.17) is 19.8 Å². The van der Waals surface area contributed by atoms with Gasteiger partial charge in [-0.25, -0.2) is 9.59 Å². The number of nitrogens with zero attached hydrogens (tertiary/aromatic N) is 2. The number of rotatable bonds is 30. The second-order valence-corrected chi connectivity index (χ2v) is 24.1. The summed E-state index contributed by atoms with van der Waals surface area (Å²) in [6.45, 7) is 4.14. The second-order valence-electron chi connectivity index (χ2n) is 24.1. The summed E-state index contributed by atoms with van der Waals surface area (Å²) >= 11 is 0. The molecule has 0 saturated carbocycles. The van der Waals surface area contributed by atoms with Crippen LogP contribution in [0.1, 0.15) is 127 Å². The highest BCUT2D eigenvalue weighted by atomic mass is 19.4. The molecule has 8 amide bonds. The number of aliphatic hydroxyl groups excluding tert-OH is 2. The summed E-state index contributed by atoms with van der Waals surface area (Å²) in [5.41, 5.74) is 0.0869. The van der Waals surface area contributed by atoms with E-state index >= 15 is 0 Å². The Morgan fingerprint density at radius 1 is 0.490 bits per heavy atom. The third-order valence-corrected chi connectivity index (χ3v) is 17.7. The smallest absolute Gasteiger partial charge is 0.475 e. The number of halogens is 6. The van der Waals surface area contributed by atoms with Crippen molar-refractivity contribution in [3.05, 3.63) is 92.2 Å². The molecule has 0 aromatic heterocycles. The number of alkyl halides is 6. The minimum absolute atomic E-state index is 0.161. The summed E-state index contributed by atoms with van der Waals surface area (Å²) in [6, 6.07) is 9.86. The topological polar surface area (TPSA) is 413 Å². The van der Waals surface area contributed by atoms with Gasteiger partial charge >= 0.3 is 24.3 Å². The van der Waals surface area contributed by atoms with Gasteiger partial charge in [0, 0.05) is 63.3 Å². The molecule has 0 radical (unpaired) electrons. The molecule has 3 aromatic carbocycles. The van der Waals surface area contributed by atoms with Crippen molar-refractivity contribution in [3.8, 4) is 0 Å². The van der Waals surface area contributed by atoms with E-state index in [0.717, 1.165) is 0 Å². The molecule has 542 valence electrons. The molecule has 0 aliphatic carbocycles. The Kier molecular flexibility index (Phi) is 30.9. The number of carboxylic acids is 2. The van der Waals surface area contributed by atoms with Crippen molar-refractivity contribution in [2.24, 2.45) is 11.8 Å². The molecule has 34 heteroatoms. The molecule has 4 aliphatic heterocycles. The lowest BCUT2D eigenvalue weighted by atomic mass is 9.93. The van der Waals surface area contributed by atoms with E-state index < -0.39 is 131 Å². The number of fused-ring (bicyclic) bond motifs is 2. The zero-order valence-corrected chi connectivity index (χ0v) is 54.7. The van der Waals surface area contributed by atoms with E-state index in [9.17, 15) is 84.5 Å². The largest absolute Gasteiger partial charge is 0.490 e. The van der Waals surface area contributed by atoms with Crippen molar-refractivity contribution >= 4 is 70.6 Å². The highest BCUT2D eigenvalue weighted by Gasteiger charge is 2.50. The fourth-order valence-electron chi connectivity index (χ4n) is 12.3. The van der Waals surface area contributed by atoms with Gasteiger partial charge in [-0.1, -0.05) is 74.5 Å². The van der Waals surface area contributed by atoms with E-state index in [0.29, 0.717) is 114 Å². The van der Waals surface area contributed by atoms with Crippen molar-refractivity contribution in [3.63, 3.8) is 0 Å². The van der Waals surface area contributed by atoms with Crippen LogP contribution < -0.4 is 64.0 Å². The summed E-state index contributed by atoms with van der Waals surface area (Å²) in [6.07, 6.45) is -3.33. The molecule has 12 atom stereocenters. The molecule has 3 aromatic rings. The predicted molar refractivity (Wildman–Crippen MR) is 342 cm³/mol. The summed E-state index contributed by atoms with van der Waals surface area (Å²) in [4.78, 5) is 157. The summed E-state index contributed by atoms with van der Waals surface area (Å²) < 4.78 is 63.5. The maximum absolute atomic E-state index is 14.2. The molecule has 4 fully saturated rings. The molecule has 0 unspecified atom stereocenters. The molecule has 7 rings (SSSR count). The Labute approximate surface area is 560 Å². The van der Waals surface area contributed by atoms with Crippen LogP contribution in [0, 0.1) is 11.8 Å². The number of unbranched alkanes of at least 4 members (excludes halogenated alkanes) is 2. The van der Waals surface area contributed by atoms with Gasteiger partial charge in [-0.05, 0) is 115 Å². The monoisotopic (exact) mass is 1390 g/mol. The average Bonchev–Trinajstić information content (AvgIpc) is 1.54. The number of carbonyl (C=O) groups is 10. The number of hydrogen-bond donors (Lipinski definition) is 14. The van der Waals surface area contributed by atoms with E-state index in [2.05, 4.69) is 53.2 Å². The van der Waals surface area contributed by atoms with Gasteiger partial charge in [-0.15, -0.1) is 0 Å². The molecule has 4 heterocycles. The van der Waals surface area contributed by atoms with Gasteiger partial charge < -0.3 is 83.4 Å². The third-order valence-electron chi connectivity index (χ3n) is 17.7. The van der Waals surface area contributed by atoms with Gasteiger partial charge in [-0.3, -0.25) is 47.9 Å². The first-order valence-electron chi connectivity index (χ1n) is 32.5. The van der Waals surface area contributed by atoms with Crippen LogP contribution in [0.4, 0.5) is 37.7 Å². The number of aliphatic carboxylic acids is 2. The minimum atomic E-state index is -5.08. The van der Waals surface area contributed by atoms with Gasteiger partial charge in [0.1, 0.15) is 47.6 Å². The van der Waals surface area contributed by atoms with Crippen LogP contribution in [0.25, 0.3) is 0 Å². The quantitative estimate of drug-likeness (QED) is 0.0255. The predicted octanol–water partition coefficient (Wildman–Crippen LogP) is 1.37. The number of carbonyl (C=O) groups excluding carboxylic acids is 8. The highest BCUT2D eigenvalue weighted by Crippen LogP contribution is 2.36. The Balaban J connectivity index is 0.00000112. The first kappa shape index (κ1) is 79.9. The number of likely N-dealkylation sites (N-methyl/N-ethyl adjacent to an activating group) is 2. The summed E-state index contributed by atoms with van der Waals surface area (Å²) in [7, 11) is 3.31. The second kappa shape index (κ2) is 37.8. The fourth-order valence-corrected chi connectivity index (χ4v) is 12.3. The van der Waals surface area contributed by atoms with Gasteiger partial charge in [0.15, 0.2) is 0 Å². The molecule has 14 N–H and O–H groups in total. The maximum Gasteiger partial charge on any atom is 0.490 e. The van der Waals surface area contributed by atoms with Gasteiger partial charge in [0.2, 0.25) is 47.3 Å². The standard InChI is InChI=1S/C60H86N12O12.2C2HF3O2/c1-5-41(61-3)53(77)69-47-37(33-73)21-23-39-25-27-43(71(39)59(47)83)55(79)67-45(35-17-9-7-10-18-35)57(81)65-31-15-13-29-63-49-50(52(76)51(49)75)64-30-14-16-32-66-58(82)46(36-19-11-8-12-20-36)68-56(80)44-28-26-40-24-22-38(34-74)48(60(84)72(40)44)70-54(78)42(6-2)62-4;2*3-2(4,5)1(6)7/h7-12,17-20,37-48,61-64,73-74H,5-6,13-16,21-34H2,1-4H3,(H,65,81)(H,66,82)(H,67,79)(H,68,80)(H,69,77)(H,70,78);2*(H,6,7)/t37-,38-,39+,40+,41+,42+,43+,44+,45+,46+,47+,48+;;/m1../s1. The Bertz CT molecular complexity index is 3050. The van der Waals surface area contributed by atoms with Crippen molar-refractivity contribution in [2.45, 2.75) is 177 Å². The van der Waals surface area contributed by atoms with Gasteiger partial charge in [-0.2, -0.15) is 26.3 Å². The SMILES string of the molecule is CC[C@H](NC)C(=O)N[C@@H]1C(=O)N2[C@@H](CC[C@@H]1CO)CC[C@H]2C(=O)N[C@H](C(=O)NCCCCNc1c(NCCCCNC(=O)[C@@H](NC(=O)[C@@H]2CC[C@@H]3CC[C@H](CO)[C@H](NC(=O)[C@H](CC)NC)C(=O)N32)c2ccccc2)c(=O)c1=O)c1ccccc1.O=C(O)C(F)(F)F.O=C(O)C(F)(F)F. The zero-order chi connectivity index (χ0) is 72.6. The van der Waals surface area contributed by atoms with E-state index in [1.807, 2.05) is 13.8 Å². The summed E-state index contributed by atoms with van der Waals surface area (Å²) in [5, 5.41) is 64.0. The van der Waals surface area contributed by atoms with Crippen LogP contribution in [-0.2, 0) is 47.9 Å². The zero-order valence-electron chi connectivity index (χ0n) is 54.7. The molecule has 0 bridgehead atoms. The Hall–Kier alpha value is -8.76. The molecular formula is C64H88F6N12O16. The average molecular weight is 1400 g/mol. The molecule has 0 spiro atoms. The van der Waals surface area contributed by atoms with Gasteiger partial charge in [0.05, 0.1) is 12.1 Å². The molecular weight excluding hydrogens is 1310 g/mol. The lowest BCUT2D eigenvalue weighted by Crippen LogP contribution is -2.59. The van der Waals surface area contributed by atoms with Crippen LogP contribution >= 0.6 is 0 Å². The number of nitrogens with one attached hydrogen (secondary N) is 10. The maximum atomic E-state index is 14.2. The number of benzene rings is 2. The van der Waals surface area contributed by atoms with Crippen LogP contribution in [0.2, 0.25) is 0 Å². The summed E-state index contributed by atoms with van der Waals surface area (Å²) in [5.74, 6) is -10.1. The van der Waals surface area contributed by atoms with Crippen molar-refractivity contribution in [2.75, 3.05) is 64.1 Å². The van der Waals surface area contributed by atoms with Crippen LogP contribution in [-0.4, -0.2) is 204 Å². The molecule has 4 saturated heterocycles. The lowest BCUT2D eigenvalue weighted by molar-refractivity contribution is -0.193. The van der Waals surface area contributed by atoms with Crippen LogP contribution in [0.3, 0.4) is 0 Å². The number of amides is 8. The number of carboxylic acid groups (broad SMARTS) is 2.